The van der Waals surface area contributed by atoms with Crippen molar-refractivity contribution in [1.82, 2.24) is 0 Å². The molecular weight excluding hydrogens is 188 g/mol. The molecule has 2 atom stereocenters. The normalized spacial score (nSPS) is 24.6. The Balaban J connectivity index is 1.61. The molecule has 0 saturated carbocycles. The summed E-state index contributed by atoms with van der Waals surface area (Å²) in [5.41, 5.74) is 1.21. The Kier molecular flexibility index (Phi) is 3.54. The second kappa shape index (κ2) is 5.10. The smallest absolute Gasteiger partial charge is 0.102 e. The molecule has 80 valence electrons. The first-order valence-electron chi connectivity index (χ1n) is 5.30. The summed E-state index contributed by atoms with van der Waals surface area (Å²) in [6, 6.07) is 10.2. The lowest BCUT2D eigenvalue weighted by Gasteiger charge is -2.00. The average molecular weight is 204 g/mol. The van der Waals surface area contributed by atoms with Crippen LogP contribution in [-0.2, 0) is 16.1 Å². The molecular formula is C13H16O2. The Morgan fingerprint density at radius 3 is 2.73 bits per heavy atom. The van der Waals surface area contributed by atoms with Crippen LogP contribution in [0, 0.1) is 0 Å². The van der Waals surface area contributed by atoms with Gasteiger partial charge >= 0.3 is 0 Å². The molecule has 2 nitrogen and oxygen atoms in total. The maximum atomic E-state index is 5.49. The third-order valence-electron chi connectivity index (χ3n) is 2.41. The molecule has 0 spiro atoms. The first kappa shape index (κ1) is 10.4. The van der Waals surface area contributed by atoms with Crippen molar-refractivity contribution >= 4 is 0 Å². The largest absolute Gasteiger partial charge is 0.373 e. The minimum atomic E-state index is 0.324. The van der Waals surface area contributed by atoms with E-state index >= 15 is 0 Å². The molecule has 1 saturated heterocycles. The van der Waals surface area contributed by atoms with E-state index in [4.69, 9.17) is 9.47 Å². The predicted molar refractivity (Wildman–Crippen MR) is 59.6 cm³/mol. The lowest BCUT2D eigenvalue weighted by molar-refractivity contribution is 0.148. The van der Waals surface area contributed by atoms with Gasteiger partial charge in [-0.15, -0.1) is 0 Å². The lowest BCUT2D eigenvalue weighted by atomic mass is 10.2. The average Bonchev–Trinajstić information content (AvgIpc) is 2.96. The van der Waals surface area contributed by atoms with Crippen LogP contribution in [0.15, 0.2) is 42.5 Å². The van der Waals surface area contributed by atoms with Crippen LogP contribution in [0.2, 0.25) is 0 Å². The molecule has 1 aliphatic heterocycles. The van der Waals surface area contributed by atoms with Crippen LogP contribution in [0.25, 0.3) is 0 Å². The van der Waals surface area contributed by atoms with Crippen molar-refractivity contribution in [2.75, 3.05) is 6.61 Å². The van der Waals surface area contributed by atoms with E-state index in [1.54, 1.807) is 0 Å². The van der Waals surface area contributed by atoms with Gasteiger partial charge in [0.1, 0.15) is 6.10 Å². The van der Waals surface area contributed by atoms with Crippen LogP contribution in [-0.4, -0.2) is 18.8 Å². The summed E-state index contributed by atoms with van der Waals surface area (Å²) in [6.45, 7) is 3.40. The van der Waals surface area contributed by atoms with Crippen molar-refractivity contribution in [3.63, 3.8) is 0 Å². The van der Waals surface area contributed by atoms with E-state index in [-0.39, 0.29) is 0 Å². The van der Waals surface area contributed by atoms with E-state index in [0.717, 1.165) is 0 Å². The van der Waals surface area contributed by atoms with Gasteiger partial charge in [0.15, 0.2) is 0 Å². The summed E-state index contributed by atoms with van der Waals surface area (Å²) in [7, 11) is 0. The van der Waals surface area contributed by atoms with E-state index in [2.05, 4.69) is 25.1 Å². The van der Waals surface area contributed by atoms with E-state index < -0.39 is 0 Å². The van der Waals surface area contributed by atoms with Gasteiger partial charge in [-0.2, -0.15) is 0 Å². The summed E-state index contributed by atoms with van der Waals surface area (Å²) in [6.07, 6.45) is 4.81. The fourth-order valence-corrected chi connectivity index (χ4v) is 1.41. The molecule has 1 aromatic rings. The number of rotatable bonds is 5. The third-order valence-corrected chi connectivity index (χ3v) is 2.41. The summed E-state index contributed by atoms with van der Waals surface area (Å²) in [5.74, 6) is 0. The molecule has 0 unspecified atom stereocenters. The van der Waals surface area contributed by atoms with Gasteiger partial charge in [-0.25, -0.2) is 0 Å². The molecule has 0 amide bonds. The predicted octanol–water partition coefficient (Wildman–Crippen LogP) is 2.55. The summed E-state index contributed by atoms with van der Waals surface area (Å²) < 4.78 is 10.7. The number of ether oxygens (including phenoxy) is 2. The fourth-order valence-electron chi connectivity index (χ4n) is 1.41. The minimum Gasteiger partial charge on any atom is -0.373 e. The Bertz CT molecular complexity index is 319. The summed E-state index contributed by atoms with van der Waals surface area (Å²) >= 11 is 0. The zero-order valence-corrected chi connectivity index (χ0v) is 8.93. The molecule has 0 aliphatic carbocycles. The second-order valence-corrected chi connectivity index (χ2v) is 3.73. The number of benzene rings is 1. The Hall–Kier alpha value is -1.12. The quantitative estimate of drug-likeness (QED) is 0.417. The Labute approximate surface area is 90.5 Å². The highest BCUT2D eigenvalue weighted by Gasteiger charge is 2.30. The maximum absolute atomic E-state index is 5.49. The maximum Gasteiger partial charge on any atom is 0.102 e. The van der Waals surface area contributed by atoms with Crippen molar-refractivity contribution in [2.24, 2.45) is 0 Å². The highest BCUT2D eigenvalue weighted by Crippen LogP contribution is 2.21. The third kappa shape index (κ3) is 3.50. The fraction of sp³-hybridized carbons (Fsp3) is 0.385. The SMILES string of the molecule is C[C@@H]1O[C@H]1/C=C/COCc1ccccc1. The molecule has 1 aliphatic rings. The van der Waals surface area contributed by atoms with Crippen molar-refractivity contribution in [3.8, 4) is 0 Å². The van der Waals surface area contributed by atoms with Gasteiger partial charge in [0.2, 0.25) is 0 Å². The lowest BCUT2D eigenvalue weighted by Crippen LogP contribution is -1.93. The zero-order chi connectivity index (χ0) is 10.5. The van der Waals surface area contributed by atoms with E-state index in [9.17, 15) is 0 Å². The highest BCUT2D eigenvalue weighted by molar-refractivity contribution is 5.13. The molecule has 0 aromatic heterocycles. The van der Waals surface area contributed by atoms with Gasteiger partial charge in [0.25, 0.3) is 0 Å². The molecule has 0 N–H and O–H groups in total. The highest BCUT2D eigenvalue weighted by atomic mass is 16.6. The van der Waals surface area contributed by atoms with Crippen molar-refractivity contribution in [3.05, 3.63) is 48.0 Å². The van der Waals surface area contributed by atoms with Crippen LogP contribution >= 0.6 is 0 Å². The van der Waals surface area contributed by atoms with E-state index in [1.165, 1.54) is 5.56 Å². The van der Waals surface area contributed by atoms with Gasteiger partial charge < -0.3 is 9.47 Å². The minimum absolute atomic E-state index is 0.324. The summed E-state index contributed by atoms with van der Waals surface area (Å²) in [4.78, 5) is 0. The van der Waals surface area contributed by atoms with Crippen LogP contribution in [0.5, 0.6) is 0 Å². The zero-order valence-electron chi connectivity index (χ0n) is 8.93. The van der Waals surface area contributed by atoms with Crippen LogP contribution in [0.1, 0.15) is 12.5 Å². The Morgan fingerprint density at radius 2 is 2.07 bits per heavy atom. The van der Waals surface area contributed by atoms with Crippen molar-refractivity contribution in [1.29, 1.82) is 0 Å². The topological polar surface area (TPSA) is 21.8 Å². The molecule has 2 heteroatoms. The summed E-state index contributed by atoms with van der Waals surface area (Å²) in [5, 5.41) is 0. The molecule has 2 rings (SSSR count). The van der Waals surface area contributed by atoms with Gasteiger partial charge in [-0.05, 0) is 12.5 Å². The number of epoxide rings is 1. The molecule has 0 bridgehead atoms. The number of hydrogen-bond donors (Lipinski definition) is 0. The second-order valence-electron chi connectivity index (χ2n) is 3.73. The van der Waals surface area contributed by atoms with Crippen molar-refractivity contribution in [2.45, 2.75) is 25.7 Å². The van der Waals surface area contributed by atoms with Gasteiger partial charge in [-0.1, -0.05) is 42.5 Å². The monoisotopic (exact) mass is 204 g/mol. The standard InChI is InChI=1S/C13H16O2/c1-11-13(15-11)8-5-9-14-10-12-6-3-2-4-7-12/h2-8,11,13H,9-10H2,1H3/b8-5+/t11-,13-/m0/s1. The first-order valence-corrected chi connectivity index (χ1v) is 5.30. The van der Waals surface area contributed by atoms with Crippen LogP contribution < -0.4 is 0 Å². The first-order chi connectivity index (χ1) is 7.36. The van der Waals surface area contributed by atoms with Gasteiger partial charge in [0, 0.05) is 0 Å². The molecule has 1 aromatic carbocycles. The number of hydrogen-bond acceptors (Lipinski definition) is 2. The van der Waals surface area contributed by atoms with Gasteiger partial charge in [0.05, 0.1) is 19.3 Å². The van der Waals surface area contributed by atoms with Crippen LogP contribution in [0.3, 0.4) is 0 Å². The van der Waals surface area contributed by atoms with E-state index in [0.29, 0.717) is 25.4 Å². The molecule has 1 fully saturated rings. The Morgan fingerprint density at radius 1 is 1.33 bits per heavy atom. The van der Waals surface area contributed by atoms with Crippen molar-refractivity contribution < 1.29 is 9.47 Å². The molecule has 0 radical (unpaired) electrons. The van der Waals surface area contributed by atoms with Crippen LogP contribution in [0.4, 0.5) is 0 Å². The molecule has 1 heterocycles. The molecule has 15 heavy (non-hydrogen) atoms. The van der Waals surface area contributed by atoms with E-state index in [1.807, 2.05) is 24.3 Å². The van der Waals surface area contributed by atoms with Gasteiger partial charge in [-0.3, -0.25) is 0 Å².